The number of hydrogen-bond acceptors (Lipinski definition) is 2. The Morgan fingerprint density at radius 2 is 1.88 bits per heavy atom. The molecule has 0 radical (unpaired) electrons. The number of anilines is 1. The molecular formula is C15H18N2. The van der Waals surface area contributed by atoms with E-state index in [1.54, 1.807) is 0 Å². The Balaban J connectivity index is 1.87. The van der Waals surface area contributed by atoms with Crippen LogP contribution in [-0.4, -0.2) is 11.5 Å². The second-order valence-corrected chi connectivity index (χ2v) is 4.33. The fourth-order valence-corrected chi connectivity index (χ4v) is 1.84. The number of aromatic nitrogens is 1. The van der Waals surface area contributed by atoms with Gasteiger partial charge in [0.25, 0.3) is 0 Å². The summed E-state index contributed by atoms with van der Waals surface area (Å²) in [6.07, 6.45) is 1.03. The lowest BCUT2D eigenvalue weighted by Crippen LogP contribution is -2.06. The van der Waals surface area contributed by atoms with Crippen molar-refractivity contribution in [2.75, 3.05) is 11.9 Å². The summed E-state index contributed by atoms with van der Waals surface area (Å²) in [6.45, 7) is 5.05. The van der Waals surface area contributed by atoms with Crippen LogP contribution in [0.2, 0.25) is 0 Å². The van der Waals surface area contributed by atoms with Gasteiger partial charge in [-0.25, -0.2) is 4.98 Å². The highest BCUT2D eigenvalue weighted by molar-refractivity contribution is 5.35. The van der Waals surface area contributed by atoms with Gasteiger partial charge in [0.15, 0.2) is 0 Å². The van der Waals surface area contributed by atoms with Crippen LogP contribution in [0.4, 0.5) is 5.82 Å². The van der Waals surface area contributed by atoms with Gasteiger partial charge in [-0.1, -0.05) is 35.9 Å². The molecule has 0 aliphatic rings. The summed E-state index contributed by atoms with van der Waals surface area (Å²) < 4.78 is 0. The van der Waals surface area contributed by atoms with Crippen molar-refractivity contribution in [2.45, 2.75) is 20.3 Å². The lowest BCUT2D eigenvalue weighted by molar-refractivity contribution is 0.999. The number of benzene rings is 1. The van der Waals surface area contributed by atoms with Crippen molar-refractivity contribution in [1.82, 2.24) is 4.98 Å². The Morgan fingerprint density at radius 3 is 2.65 bits per heavy atom. The lowest BCUT2D eigenvalue weighted by atomic mass is 10.1. The van der Waals surface area contributed by atoms with Crippen LogP contribution in [0.1, 0.15) is 16.8 Å². The molecule has 0 saturated carbocycles. The van der Waals surface area contributed by atoms with Crippen molar-refractivity contribution < 1.29 is 0 Å². The van der Waals surface area contributed by atoms with Gasteiger partial charge in [-0.2, -0.15) is 0 Å². The van der Waals surface area contributed by atoms with Crippen LogP contribution in [-0.2, 0) is 6.42 Å². The third-order valence-electron chi connectivity index (χ3n) is 2.69. The average molecular weight is 226 g/mol. The van der Waals surface area contributed by atoms with Crippen molar-refractivity contribution in [3.05, 3.63) is 59.3 Å². The molecule has 2 aromatic rings. The lowest BCUT2D eigenvalue weighted by Gasteiger charge is -2.06. The second kappa shape index (κ2) is 5.48. The summed E-state index contributed by atoms with van der Waals surface area (Å²) in [7, 11) is 0. The number of rotatable bonds is 4. The normalized spacial score (nSPS) is 10.2. The summed E-state index contributed by atoms with van der Waals surface area (Å²) >= 11 is 0. The minimum atomic E-state index is 0.917. The average Bonchev–Trinajstić information content (AvgIpc) is 2.29. The minimum absolute atomic E-state index is 0.917. The van der Waals surface area contributed by atoms with Crippen molar-refractivity contribution in [3.63, 3.8) is 0 Å². The van der Waals surface area contributed by atoms with Gasteiger partial charge < -0.3 is 5.32 Å². The van der Waals surface area contributed by atoms with E-state index in [1.807, 2.05) is 25.1 Å². The van der Waals surface area contributed by atoms with E-state index in [9.17, 15) is 0 Å². The van der Waals surface area contributed by atoms with Crippen LogP contribution in [0.3, 0.4) is 0 Å². The Kier molecular flexibility index (Phi) is 3.76. The number of pyridine rings is 1. The van der Waals surface area contributed by atoms with Crippen molar-refractivity contribution >= 4 is 5.82 Å². The minimum Gasteiger partial charge on any atom is -0.370 e. The molecule has 0 aliphatic carbocycles. The molecule has 0 saturated heterocycles. The predicted octanol–water partition coefficient (Wildman–Crippen LogP) is 3.35. The molecule has 88 valence electrons. The highest BCUT2D eigenvalue weighted by atomic mass is 15.0. The summed E-state index contributed by atoms with van der Waals surface area (Å²) in [6, 6.07) is 14.7. The van der Waals surface area contributed by atoms with Gasteiger partial charge in [-0.3, -0.25) is 0 Å². The maximum atomic E-state index is 4.41. The zero-order valence-corrected chi connectivity index (χ0v) is 10.4. The van der Waals surface area contributed by atoms with E-state index in [0.29, 0.717) is 0 Å². The van der Waals surface area contributed by atoms with Crippen LogP contribution in [0.15, 0.2) is 42.5 Å². The smallest absolute Gasteiger partial charge is 0.126 e. The Morgan fingerprint density at radius 1 is 1.06 bits per heavy atom. The second-order valence-electron chi connectivity index (χ2n) is 4.33. The molecule has 0 bridgehead atoms. The first-order chi connectivity index (χ1) is 8.24. The first-order valence-electron chi connectivity index (χ1n) is 5.97. The molecule has 0 fully saturated rings. The molecule has 0 atom stereocenters. The fourth-order valence-electron chi connectivity index (χ4n) is 1.84. The quantitative estimate of drug-likeness (QED) is 0.864. The van der Waals surface area contributed by atoms with E-state index in [0.717, 1.165) is 24.5 Å². The molecule has 0 spiro atoms. The van der Waals surface area contributed by atoms with Gasteiger partial charge in [0, 0.05) is 12.2 Å². The molecular weight excluding hydrogens is 208 g/mol. The van der Waals surface area contributed by atoms with Gasteiger partial charge in [0.05, 0.1) is 0 Å². The molecule has 0 amide bonds. The van der Waals surface area contributed by atoms with Crippen LogP contribution in [0, 0.1) is 13.8 Å². The van der Waals surface area contributed by atoms with E-state index >= 15 is 0 Å². The summed E-state index contributed by atoms with van der Waals surface area (Å²) in [4.78, 5) is 4.41. The SMILES string of the molecule is Cc1cccc(CCNc2cccc(C)n2)c1. The first-order valence-corrected chi connectivity index (χ1v) is 5.97. The highest BCUT2D eigenvalue weighted by Crippen LogP contribution is 2.07. The molecule has 17 heavy (non-hydrogen) atoms. The van der Waals surface area contributed by atoms with Crippen LogP contribution < -0.4 is 5.32 Å². The highest BCUT2D eigenvalue weighted by Gasteiger charge is 1.95. The van der Waals surface area contributed by atoms with Gasteiger partial charge in [0.2, 0.25) is 0 Å². The third-order valence-corrected chi connectivity index (χ3v) is 2.69. The van der Waals surface area contributed by atoms with Crippen molar-refractivity contribution in [2.24, 2.45) is 0 Å². The van der Waals surface area contributed by atoms with Crippen molar-refractivity contribution in [3.8, 4) is 0 Å². The van der Waals surface area contributed by atoms with Crippen molar-refractivity contribution in [1.29, 1.82) is 0 Å². The molecule has 1 aromatic heterocycles. The molecule has 0 aliphatic heterocycles. The largest absolute Gasteiger partial charge is 0.370 e. The Labute approximate surface area is 103 Å². The summed E-state index contributed by atoms with van der Waals surface area (Å²) in [5.41, 5.74) is 3.73. The molecule has 0 unspecified atom stereocenters. The van der Waals surface area contributed by atoms with Gasteiger partial charge in [-0.15, -0.1) is 0 Å². The van der Waals surface area contributed by atoms with Crippen LogP contribution in [0.5, 0.6) is 0 Å². The number of aryl methyl sites for hydroxylation is 2. The number of nitrogens with zero attached hydrogens (tertiary/aromatic N) is 1. The van der Waals surface area contributed by atoms with Crippen LogP contribution >= 0.6 is 0 Å². The summed E-state index contributed by atoms with van der Waals surface area (Å²) in [5, 5.41) is 3.34. The predicted molar refractivity (Wildman–Crippen MR) is 72.3 cm³/mol. The molecule has 1 N–H and O–H groups in total. The maximum absolute atomic E-state index is 4.41. The van der Waals surface area contributed by atoms with E-state index in [4.69, 9.17) is 0 Å². The standard InChI is InChI=1S/C15H18N2/c1-12-5-3-7-14(11-12)9-10-16-15-8-4-6-13(2)17-15/h3-8,11H,9-10H2,1-2H3,(H,16,17). The molecule has 1 heterocycles. The molecule has 2 nitrogen and oxygen atoms in total. The van der Waals surface area contributed by atoms with Crippen LogP contribution in [0.25, 0.3) is 0 Å². The maximum Gasteiger partial charge on any atom is 0.126 e. The van der Waals surface area contributed by atoms with E-state index in [-0.39, 0.29) is 0 Å². The fraction of sp³-hybridized carbons (Fsp3) is 0.267. The van der Waals surface area contributed by atoms with Gasteiger partial charge in [-0.05, 0) is 38.0 Å². The van der Waals surface area contributed by atoms with E-state index in [1.165, 1.54) is 11.1 Å². The number of nitrogens with one attached hydrogen (secondary N) is 1. The number of hydrogen-bond donors (Lipinski definition) is 1. The van der Waals surface area contributed by atoms with E-state index < -0.39 is 0 Å². The first kappa shape index (κ1) is 11.6. The summed E-state index contributed by atoms with van der Waals surface area (Å²) in [5.74, 6) is 0.956. The monoisotopic (exact) mass is 226 g/mol. The van der Waals surface area contributed by atoms with Gasteiger partial charge in [0.1, 0.15) is 5.82 Å². The zero-order chi connectivity index (χ0) is 12.1. The zero-order valence-electron chi connectivity index (χ0n) is 10.4. The molecule has 2 heteroatoms. The third kappa shape index (κ3) is 3.59. The topological polar surface area (TPSA) is 24.9 Å². The molecule has 2 rings (SSSR count). The molecule has 1 aromatic carbocycles. The Hall–Kier alpha value is -1.83. The Bertz CT molecular complexity index is 446. The van der Waals surface area contributed by atoms with E-state index in [2.05, 4.69) is 41.5 Å². The van der Waals surface area contributed by atoms with Gasteiger partial charge >= 0.3 is 0 Å².